The lowest BCUT2D eigenvalue weighted by Crippen LogP contribution is -2.67. The molecule has 194 valence electrons. The van der Waals surface area contributed by atoms with E-state index in [-0.39, 0.29) is 35.0 Å². The summed E-state index contributed by atoms with van der Waals surface area (Å²) in [6.45, 7) is 8.61. The van der Waals surface area contributed by atoms with E-state index in [0.29, 0.717) is 0 Å². The Morgan fingerprint density at radius 2 is 1.70 bits per heavy atom. The fourth-order valence-electron chi connectivity index (χ4n) is 5.31. The van der Waals surface area contributed by atoms with E-state index in [4.69, 9.17) is 14.9 Å². The average Bonchev–Trinajstić information content (AvgIpc) is 3.41. The van der Waals surface area contributed by atoms with E-state index in [0.717, 1.165) is 10.4 Å². The van der Waals surface area contributed by atoms with E-state index in [1.807, 2.05) is 43.3 Å². The number of nitrogens with two attached hydrogens (primary N) is 1. The molecule has 2 aromatic carbocycles. The summed E-state index contributed by atoms with van der Waals surface area (Å²) in [5.41, 5.74) is 5.31. The van der Waals surface area contributed by atoms with E-state index < -0.39 is 32.3 Å². The highest BCUT2D eigenvalue weighted by Crippen LogP contribution is 2.41. The van der Waals surface area contributed by atoms with Crippen LogP contribution in [0.1, 0.15) is 40.3 Å². The number of imidazole rings is 1. The number of halogens is 1. The molecule has 37 heavy (non-hydrogen) atoms. The number of aromatic nitrogens is 4. The van der Waals surface area contributed by atoms with Crippen LogP contribution in [0.15, 0.2) is 67.0 Å². The van der Waals surface area contributed by atoms with Gasteiger partial charge in [0.25, 0.3) is 8.32 Å². The Labute approximate surface area is 216 Å². The van der Waals surface area contributed by atoms with E-state index in [9.17, 15) is 9.50 Å². The van der Waals surface area contributed by atoms with Crippen LogP contribution in [0.4, 0.5) is 10.2 Å². The minimum Gasteiger partial charge on any atom is -0.404 e. The SMILES string of the molecule is CC(C)(C)[Si](OC[C@@]1(C)O[C@@H](n2cnc3c(N)nc(F)nc32)C[C@@H]1O)(c1ccccc1)c1ccccc1. The third-order valence-corrected chi connectivity index (χ3v) is 12.2. The predicted octanol–water partition coefficient (Wildman–Crippen LogP) is 3.16. The van der Waals surface area contributed by atoms with Crippen molar-refractivity contribution in [1.29, 1.82) is 0 Å². The highest BCUT2D eigenvalue weighted by Gasteiger charge is 2.53. The standard InChI is InChI=1S/C27H32FN5O3Si/c1-26(2,3)37(18-11-7-5-8-12-18,19-13-9-6-10-14-19)35-16-27(4)20(34)15-21(36-27)33-17-30-22-23(29)31-25(28)32-24(22)33/h5-14,17,20-21,34H,15-16H2,1-4H3,(H2,29,31,32)/t20-,21+,27+/m0/s1. The molecular weight excluding hydrogens is 489 g/mol. The van der Waals surface area contributed by atoms with E-state index in [2.05, 4.69) is 60.0 Å². The first-order valence-corrected chi connectivity index (χ1v) is 14.2. The summed E-state index contributed by atoms with van der Waals surface area (Å²) in [5.74, 6) is -0.0439. The van der Waals surface area contributed by atoms with Crippen molar-refractivity contribution in [1.82, 2.24) is 19.5 Å². The van der Waals surface area contributed by atoms with Gasteiger partial charge in [-0.15, -0.1) is 0 Å². The number of aliphatic hydroxyl groups is 1. The Hall–Kier alpha value is -3.18. The molecule has 8 nitrogen and oxygen atoms in total. The summed E-state index contributed by atoms with van der Waals surface area (Å²) in [7, 11) is -2.84. The topological polar surface area (TPSA) is 108 Å². The van der Waals surface area contributed by atoms with Gasteiger partial charge in [0.15, 0.2) is 17.0 Å². The summed E-state index contributed by atoms with van der Waals surface area (Å²) >= 11 is 0. The Bertz CT molecular complexity index is 1360. The normalized spacial score (nSPS) is 22.5. The van der Waals surface area contributed by atoms with Gasteiger partial charge < -0.3 is 20.0 Å². The van der Waals surface area contributed by atoms with Crippen LogP contribution >= 0.6 is 0 Å². The summed E-state index contributed by atoms with van der Waals surface area (Å²) < 4.78 is 29.0. The summed E-state index contributed by atoms with van der Waals surface area (Å²) in [6, 6.07) is 20.6. The van der Waals surface area contributed by atoms with Crippen LogP contribution in [-0.4, -0.2) is 51.3 Å². The molecule has 0 amide bonds. The Morgan fingerprint density at radius 3 is 2.27 bits per heavy atom. The molecule has 5 rings (SSSR count). The van der Waals surface area contributed by atoms with Gasteiger partial charge in [-0.2, -0.15) is 14.4 Å². The van der Waals surface area contributed by atoms with E-state index in [1.54, 1.807) is 4.57 Å². The number of benzene rings is 2. The third-order valence-electron chi connectivity index (χ3n) is 7.26. The molecule has 0 bridgehead atoms. The maximum absolute atomic E-state index is 13.9. The maximum atomic E-state index is 13.9. The number of aliphatic hydroxyl groups excluding tert-OH is 1. The van der Waals surface area contributed by atoms with Crippen molar-refractivity contribution in [2.75, 3.05) is 12.3 Å². The quantitative estimate of drug-likeness (QED) is 0.296. The molecule has 1 aliphatic rings. The highest BCUT2D eigenvalue weighted by molar-refractivity contribution is 6.99. The molecule has 1 fully saturated rings. The van der Waals surface area contributed by atoms with E-state index in [1.165, 1.54) is 6.33 Å². The predicted molar refractivity (Wildman–Crippen MR) is 142 cm³/mol. The minimum absolute atomic E-state index is 0.0439. The van der Waals surface area contributed by atoms with Gasteiger partial charge in [0.05, 0.1) is 19.0 Å². The van der Waals surface area contributed by atoms with Crippen molar-refractivity contribution in [3.05, 3.63) is 73.1 Å². The molecule has 0 aliphatic carbocycles. The first-order valence-electron chi connectivity index (χ1n) is 12.3. The lowest BCUT2D eigenvalue weighted by atomic mass is 10.0. The number of nitrogen functional groups attached to an aromatic ring is 1. The first kappa shape index (κ1) is 25.5. The molecule has 0 radical (unpaired) electrons. The monoisotopic (exact) mass is 521 g/mol. The molecule has 3 atom stereocenters. The van der Waals surface area contributed by atoms with Crippen LogP contribution in [0.25, 0.3) is 11.2 Å². The molecular formula is C27H32FN5O3Si. The minimum atomic E-state index is -2.84. The number of nitrogens with zero attached hydrogens (tertiary/aromatic N) is 4. The van der Waals surface area contributed by atoms with Gasteiger partial charge in [-0.1, -0.05) is 81.4 Å². The number of fused-ring (bicyclic) bond motifs is 1. The number of ether oxygens (including phenoxy) is 1. The van der Waals surface area contributed by atoms with Crippen LogP contribution in [-0.2, 0) is 9.16 Å². The Kier molecular flexibility index (Phi) is 6.39. The van der Waals surface area contributed by atoms with Crippen molar-refractivity contribution in [2.45, 2.75) is 57.1 Å². The van der Waals surface area contributed by atoms with Crippen LogP contribution in [0, 0.1) is 6.08 Å². The molecule has 0 saturated carbocycles. The van der Waals surface area contributed by atoms with Gasteiger partial charge in [0.1, 0.15) is 11.8 Å². The second-order valence-corrected chi connectivity index (χ2v) is 15.1. The zero-order valence-electron chi connectivity index (χ0n) is 21.4. The van der Waals surface area contributed by atoms with Crippen molar-refractivity contribution in [3.8, 4) is 0 Å². The number of hydrogen-bond donors (Lipinski definition) is 2. The van der Waals surface area contributed by atoms with Gasteiger partial charge in [-0.25, -0.2) is 4.98 Å². The van der Waals surface area contributed by atoms with Crippen LogP contribution in [0.5, 0.6) is 0 Å². The molecule has 0 spiro atoms. The zero-order chi connectivity index (χ0) is 26.4. The Morgan fingerprint density at radius 1 is 1.11 bits per heavy atom. The van der Waals surface area contributed by atoms with Crippen molar-refractivity contribution in [3.63, 3.8) is 0 Å². The maximum Gasteiger partial charge on any atom is 0.312 e. The summed E-state index contributed by atoms with van der Waals surface area (Å²) in [5, 5.41) is 13.3. The van der Waals surface area contributed by atoms with Crippen LogP contribution < -0.4 is 16.1 Å². The summed E-state index contributed by atoms with van der Waals surface area (Å²) in [6.07, 6.45) is -0.652. The molecule has 3 heterocycles. The van der Waals surface area contributed by atoms with Gasteiger partial charge in [-0.3, -0.25) is 4.57 Å². The number of anilines is 1. The molecule has 1 aliphatic heterocycles. The first-order chi connectivity index (χ1) is 17.5. The molecule has 1 saturated heterocycles. The zero-order valence-corrected chi connectivity index (χ0v) is 22.4. The van der Waals surface area contributed by atoms with Gasteiger partial charge in [0.2, 0.25) is 0 Å². The molecule has 0 unspecified atom stereocenters. The number of rotatable bonds is 6. The Balaban J connectivity index is 1.50. The fraction of sp³-hybridized carbons (Fsp3) is 0.370. The lowest BCUT2D eigenvalue weighted by Gasteiger charge is -2.45. The average molecular weight is 522 g/mol. The molecule has 2 aromatic heterocycles. The van der Waals surface area contributed by atoms with Crippen molar-refractivity contribution < 1.29 is 18.7 Å². The fourth-order valence-corrected chi connectivity index (χ4v) is 9.97. The van der Waals surface area contributed by atoms with Gasteiger partial charge >= 0.3 is 6.08 Å². The van der Waals surface area contributed by atoms with Crippen LogP contribution in [0.2, 0.25) is 5.04 Å². The molecule has 3 N–H and O–H groups in total. The molecule has 4 aromatic rings. The highest BCUT2D eigenvalue weighted by atomic mass is 28.4. The lowest BCUT2D eigenvalue weighted by molar-refractivity contribution is -0.111. The van der Waals surface area contributed by atoms with Crippen LogP contribution in [0.3, 0.4) is 0 Å². The van der Waals surface area contributed by atoms with Gasteiger partial charge in [0, 0.05) is 6.42 Å². The third kappa shape index (κ3) is 4.33. The largest absolute Gasteiger partial charge is 0.404 e. The molecule has 10 heteroatoms. The second kappa shape index (κ2) is 9.28. The van der Waals surface area contributed by atoms with Gasteiger partial charge in [-0.05, 0) is 22.3 Å². The van der Waals surface area contributed by atoms with Crippen molar-refractivity contribution in [2.24, 2.45) is 0 Å². The second-order valence-electron chi connectivity index (χ2n) is 10.8. The smallest absolute Gasteiger partial charge is 0.312 e. The summed E-state index contributed by atoms with van der Waals surface area (Å²) in [4.78, 5) is 11.6. The van der Waals surface area contributed by atoms with E-state index >= 15 is 0 Å². The van der Waals surface area contributed by atoms with Crippen molar-refractivity contribution >= 4 is 35.7 Å². The number of hydrogen-bond acceptors (Lipinski definition) is 7.